The number of nitrogens with one attached hydrogen (secondary N) is 1. The quantitative estimate of drug-likeness (QED) is 0.786. The highest BCUT2D eigenvalue weighted by atomic mass is 16.5. The van der Waals surface area contributed by atoms with Gasteiger partial charge in [-0.05, 0) is 17.7 Å². The van der Waals surface area contributed by atoms with Crippen molar-refractivity contribution in [3.05, 3.63) is 60.4 Å². The molecule has 100 valence electrons. The van der Waals surface area contributed by atoms with E-state index < -0.39 is 0 Å². The lowest BCUT2D eigenvalue weighted by Gasteiger charge is -2.10. The molecule has 0 amide bonds. The van der Waals surface area contributed by atoms with Crippen LogP contribution in [0.1, 0.15) is 5.56 Å². The number of hydrogen-bond donors (Lipinski definition) is 1. The first-order valence-corrected chi connectivity index (χ1v) is 6.44. The van der Waals surface area contributed by atoms with Crippen molar-refractivity contribution in [2.45, 2.75) is 6.54 Å². The van der Waals surface area contributed by atoms with Gasteiger partial charge in [-0.3, -0.25) is 0 Å². The first-order valence-electron chi connectivity index (χ1n) is 6.44. The minimum Gasteiger partial charge on any atom is -0.494 e. The maximum Gasteiger partial charge on any atom is 0.145 e. The van der Waals surface area contributed by atoms with Gasteiger partial charge in [0.15, 0.2) is 0 Å². The number of nitrogens with zero attached hydrogens (tertiary/aromatic N) is 2. The molecule has 1 aromatic heterocycles. The van der Waals surface area contributed by atoms with Crippen molar-refractivity contribution in [1.29, 1.82) is 0 Å². The molecule has 0 spiro atoms. The summed E-state index contributed by atoms with van der Waals surface area (Å²) in [5, 5.41) is 4.31. The molecule has 0 aliphatic heterocycles. The van der Waals surface area contributed by atoms with Crippen LogP contribution in [0.5, 0.6) is 5.75 Å². The molecule has 0 fully saturated rings. The van der Waals surface area contributed by atoms with Crippen LogP contribution in [0.2, 0.25) is 0 Å². The first-order chi connectivity index (χ1) is 9.88. The highest BCUT2D eigenvalue weighted by molar-refractivity contribution is 5.92. The molecule has 20 heavy (non-hydrogen) atoms. The van der Waals surface area contributed by atoms with Crippen LogP contribution in [-0.4, -0.2) is 17.1 Å². The fraction of sp³-hybridized carbons (Fsp3) is 0.125. The van der Waals surface area contributed by atoms with E-state index in [1.54, 1.807) is 13.4 Å². The fourth-order valence-corrected chi connectivity index (χ4v) is 2.15. The second kappa shape index (κ2) is 5.57. The molecule has 4 nitrogen and oxygen atoms in total. The third-order valence-corrected chi connectivity index (χ3v) is 3.15. The molecular weight excluding hydrogens is 250 g/mol. The molecule has 0 saturated carbocycles. The number of anilines is 1. The van der Waals surface area contributed by atoms with Gasteiger partial charge in [-0.25, -0.2) is 9.97 Å². The van der Waals surface area contributed by atoms with Gasteiger partial charge in [-0.2, -0.15) is 0 Å². The second-order valence-corrected chi connectivity index (χ2v) is 4.42. The second-order valence-electron chi connectivity index (χ2n) is 4.42. The number of benzene rings is 2. The third kappa shape index (κ3) is 2.40. The number of fused-ring (bicyclic) bond motifs is 1. The lowest BCUT2D eigenvalue weighted by Crippen LogP contribution is -2.02. The molecule has 0 atom stereocenters. The molecule has 1 N–H and O–H groups in total. The van der Waals surface area contributed by atoms with Gasteiger partial charge in [0.2, 0.25) is 0 Å². The van der Waals surface area contributed by atoms with Crippen LogP contribution in [0.4, 0.5) is 5.82 Å². The maximum absolute atomic E-state index is 5.33. The van der Waals surface area contributed by atoms with Gasteiger partial charge in [-0.15, -0.1) is 0 Å². The molecule has 3 aromatic rings. The highest BCUT2D eigenvalue weighted by Crippen LogP contribution is 2.27. The highest BCUT2D eigenvalue weighted by Gasteiger charge is 2.07. The summed E-state index contributed by atoms with van der Waals surface area (Å²) in [6.45, 7) is 0.726. The molecule has 2 aromatic carbocycles. The lowest BCUT2D eigenvalue weighted by atomic mass is 10.2. The van der Waals surface area contributed by atoms with Crippen molar-refractivity contribution in [1.82, 2.24) is 9.97 Å². The molecule has 0 unspecified atom stereocenters. The van der Waals surface area contributed by atoms with Crippen LogP contribution in [0.3, 0.4) is 0 Å². The number of rotatable bonds is 4. The van der Waals surface area contributed by atoms with Gasteiger partial charge >= 0.3 is 0 Å². The smallest absolute Gasteiger partial charge is 0.145 e. The third-order valence-electron chi connectivity index (χ3n) is 3.15. The van der Waals surface area contributed by atoms with E-state index in [1.165, 1.54) is 5.56 Å². The Bertz CT molecular complexity index is 713. The van der Waals surface area contributed by atoms with Gasteiger partial charge in [-0.1, -0.05) is 36.4 Å². The summed E-state index contributed by atoms with van der Waals surface area (Å²) < 4.78 is 5.33. The molecule has 4 heteroatoms. The molecule has 0 saturated heterocycles. The largest absolute Gasteiger partial charge is 0.494 e. The summed E-state index contributed by atoms with van der Waals surface area (Å²) in [5.41, 5.74) is 2.03. The maximum atomic E-state index is 5.33. The standard InChI is InChI=1S/C16H15N3O/c1-20-14-9-5-8-13-15(14)18-11-19-16(13)17-10-12-6-3-2-4-7-12/h2-9,11H,10H2,1H3,(H,17,18,19). The van der Waals surface area contributed by atoms with Crippen LogP contribution in [0.15, 0.2) is 54.9 Å². The van der Waals surface area contributed by atoms with E-state index in [0.717, 1.165) is 29.0 Å². The summed E-state index contributed by atoms with van der Waals surface area (Å²) >= 11 is 0. The van der Waals surface area contributed by atoms with E-state index in [9.17, 15) is 0 Å². The average molecular weight is 265 g/mol. The molecule has 1 heterocycles. The SMILES string of the molecule is COc1cccc2c(NCc3ccccc3)ncnc12. The van der Waals surface area contributed by atoms with E-state index >= 15 is 0 Å². The molecule has 0 aliphatic carbocycles. The van der Waals surface area contributed by atoms with Gasteiger partial charge < -0.3 is 10.1 Å². The normalized spacial score (nSPS) is 10.4. The van der Waals surface area contributed by atoms with Crippen molar-refractivity contribution >= 4 is 16.7 Å². The van der Waals surface area contributed by atoms with Crippen molar-refractivity contribution in [2.24, 2.45) is 0 Å². The van der Waals surface area contributed by atoms with Crippen LogP contribution in [0, 0.1) is 0 Å². The predicted octanol–water partition coefficient (Wildman–Crippen LogP) is 3.25. The molecule has 0 bridgehead atoms. The van der Waals surface area contributed by atoms with Gasteiger partial charge in [0.05, 0.1) is 7.11 Å². The van der Waals surface area contributed by atoms with Crippen LogP contribution in [0.25, 0.3) is 10.9 Å². The Morgan fingerprint density at radius 2 is 1.85 bits per heavy atom. The number of aromatic nitrogens is 2. The summed E-state index contributed by atoms with van der Waals surface area (Å²) in [5.74, 6) is 1.57. The summed E-state index contributed by atoms with van der Waals surface area (Å²) in [4.78, 5) is 8.61. The number of hydrogen-bond acceptors (Lipinski definition) is 4. The van der Waals surface area contributed by atoms with Crippen molar-refractivity contribution < 1.29 is 4.74 Å². The van der Waals surface area contributed by atoms with E-state index in [0.29, 0.717) is 0 Å². The van der Waals surface area contributed by atoms with E-state index in [1.807, 2.05) is 36.4 Å². The minimum absolute atomic E-state index is 0.726. The van der Waals surface area contributed by atoms with E-state index in [2.05, 4.69) is 27.4 Å². The Labute approximate surface area is 117 Å². The summed E-state index contributed by atoms with van der Waals surface area (Å²) in [6, 6.07) is 16.1. The topological polar surface area (TPSA) is 47.0 Å². The van der Waals surface area contributed by atoms with Crippen LogP contribution in [-0.2, 0) is 6.54 Å². The van der Waals surface area contributed by atoms with Crippen molar-refractivity contribution in [3.8, 4) is 5.75 Å². The van der Waals surface area contributed by atoms with Crippen LogP contribution >= 0.6 is 0 Å². The van der Waals surface area contributed by atoms with E-state index in [-0.39, 0.29) is 0 Å². The Morgan fingerprint density at radius 3 is 2.65 bits per heavy atom. The zero-order valence-electron chi connectivity index (χ0n) is 11.2. The Morgan fingerprint density at radius 1 is 1.00 bits per heavy atom. The summed E-state index contributed by atoms with van der Waals surface area (Å²) in [7, 11) is 1.65. The Balaban J connectivity index is 1.92. The minimum atomic E-state index is 0.726. The average Bonchev–Trinajstić information content (AvgIpc) is 2.53. The Hall–Kier alpha value is -2.62. The predicted molar refractivity (Wildman–Crippen MR) is 79.9 cm³/mol. The van der Waals surface area contributed by atoms with Gasteiger partial charge in [0.1, 0.15) is 23.4 Å². The zero-order valence-corrected chi connectivity index (χ0v) is 11.2. The fourth-order valence-electron chi connectivity index (χ4n) is 2.15. The lowest BCUT2D eigenvalue weighted by molar-refractivity contribution is 0.419. The van der Waals surface area contributed by atoms with Crippen molar-refractivity contribution in [2.75, 3.05) is 12.4 Å². The number of methoxy groups -OCH3 is 1. The monoisotopic (exact) mass is 265 g/mol. The molecule has 3 rings (SSSR count). The zero-order chi connectivity index (χ0) is 13.8. The van der Waals surface area contributed by atoms with Gasteiger partial charge in [0.25, 0.3) is 0 Å². The van der Waals surface area contributed by atoms with E-state index in [4.69, 9.17) is 4.74 Å². The number of ether oxygens (including phenoxy) is 1. The molecule has 0 aliphatic rings. The first kappa shape index (κ1) is 12.4. The van der Waals surface area contributed by atoms with Gasteiger partial charge in [0, 0.05) is 11.9 Å². The Kier molecular flexibility index (Phi) is 3.46. The number of para-hydroxylation sites is 1. The molecular formula is C16H15N3O. The summed E-state index contributed by atoms with van der Waals surface area (Å²) in [6.07, 6.45) is 1.55. The molecule has 0 radical (unpaired) electrons. The van der Waals surface area contributed by atoms with Crippen LogP contribution < -0.4 is 10.1 Å². The van der Waals surface area contributed by atoms with Crippen molar-refractivity contribution in [3.63, 3.8) is 0 Å².